The van der Waals surface area contributed by atoms with Gasteiger partial charge in [-0.05, 0) is 30.0 Å². The molecule has 94 valence electrons. The summed E-state index contributed by atoms with van der Waals surface area (Å²) in [5.41, 5.74) is 1.88. The Morgan fingerprint density at radius 1 is 1.00 bits per heavy atom. The highest BCUT2D eigenvalue weighted by molar-refractivity contribution is 6.31. The Kier molecular flexibility index (Phi) is 4.62. The third kappa shape index (κ3) is 3.24. The molecule has 0 amide bonds. The van der Waals surface area contributed by atoms with E-state index < -0.39 is 0 Å². The Balaban J connectivity index is 2.02. The van der Waals surface area contributed by atoms with E-state index >= 15 is 0 Å². The Hall–Kier alpha value is -1.05. The number of hydrogen-bond acceptors (Lipinski definition) is 0. The average Bonchev–Trinajstić information content (AvgIpc) is 2.41. The van der Waals surface area contributed by atoms with E-state index in [2.05, 4.69) is 0 Å². The van der Waals surface area contributed by atoms with E-state index in [0.29, 0.717) is 6.42 Å². The van der Waals surface area contributed by atoms with Gasteiger partial charge in [-0.15, -0.1) is 11.6 Å². The van der Waals surface area contributed by atoms with Crippen molar-refractivity contribution in [2.45, 2.75) is 18.2 Å². The molecule has 0 radical (unpaired) electrons. The molecule has 0 saturated heterocycles. The largest absolute Gasteiger partial charge is 0.205 e. The minimum absolute atomic E-state index is 0.0782. The fraction of sp³-hybridized carbons (Fsp3) is 0.200. The third-order valence-electron chi connectivity index (χ3n) is 2.86. The van der Waals surface area contributed by atoms with Crippen LogP contribution in [0.3, 0.4) is 0 Å². The highest BCUT2D eigenvalue weighted by Gasteiger charge is 2.10. The molecule has 3 heteroatoms. The van der Waals surface area contributed by atoms with Crippen molar-refractivity contribution in [3.05, 3.63) is 70.5 Å². The van der Waals surface area contributed by atoms with Crippen molar-refractivity contribution in [2.24, 2.45) is 0 Å². The van der Waals surface area contributed by atoms with Crippen LogP contribution in [0.15, 0.2) is 48.5 Å². The molecule has 18 heavy (non-hydrogen) atoms. The maximum absolute atomic E-state index is 13.3. The zero-order chi connectivity index (χ0) is 13.0. The van der Waals surface area contributed by atoms with Crippen molar-refractivity contribution >= 4 is 23.2 Å². The minimum Gasteiger partial charge on any atom is -0.205 e. The summed E-state index contributed by atoms with van der Waals surface area (Å²) in [6.07, 6.45) is 1.40. The minimum atomic E-state index is -0.375. The first-order chi connectivity index (χ1) is 8.68. The lowest BCUT2D eigenvalue weighted by atomic mass is 10.0. The van der Waals surface area contributed by atoms with Gasteiger partial charge in [-0.2, -0.15) is 0 Å². The van der Waals surface area contributed by atoms with Crippen LogP contribution in [0.2, 0.25) is 5.02 Å². The van der Waals surface area contributed by atoms with Gasteiger partial charge in [0, 0.05) is 0 Å². The maximum atomic E-state index is 13.3. The van der Waals surface area contributed by atoms with Gasteiger partial charge in [-0.25, -0.2) is 4.39 Å². The van der Waals surface area contributed by atoms with Gasteiger partial charge in [0.25, 0.3) is 0 Å². The van der Waals surface area contributed by atoms with Crippen LogP contribution in [-0.2, 0) is 6.42 Å². The number of aryl methyl sites for hydroxylation is 1. The third-order valence-corrected chi connectivity index (χ3v) is 3.75. The van der Waals surface area contributed by atoms with Gasteiger partial charge in [0.05, 0.1) is 10.4 Å². The Morgan fingerprint density at radius 2 is 1.72 bits per heavy atom. The number of rotatable bonds is 4. The predicted molar refractivity (Wildman–Crippen MR) is 74.8 cm³/mol. The zero-order valence-corrected chi connectivity index (χ0v) is 11.3. The molecule has 0 bridgehead atoms. The van der Waals surface area contributed by atoms with E-state index in [4.69, 9.17) is 23.2 Å². The van der Waals surface area contributed by atoms with Crippen molar-refractivity contribution in [3.8, 4) is 0 Å². The molecule has 2 rings (SSSR count). The molecule has 0 heterocycles. The first-order valence-electron chi connectivity index (χ1n) is 5.80. The molecule has 0 saturated carbocycles. The molecule has 0 aliphatic carbocycles. The molecule has 0 nitrogen and oxygen atoms in total. The van der Waals surface area contributed by atoms with Crippen LogP contribution in [-0.4, -0.2) is 0 Å². The number of hydrogen-bond donors (Lipinski definition) is 0. The second-order valence-corrected chi connectivity index (χ2v) is 5.03. The van der Waals surface area contributed by atoms with Gasteiger partial charge >= 0.3 is 0 Å². The lowest BCUT2D eigenvalue weighted by Gasteiger charge is -2.10. The summed E-state index contributed by atoms with van der Waals surface area (Å²) in [6.45, 7) is 0. The molecule has 0 spiro atoms. The molecule has 0 aliphatic heterocycles. The van der Waals surface area contributed by atoms with Gasteiger partial charge in [0.15, 0.2) is 0 Å². The highest BCUT2D eigenvalue weighted by Crippen LogP contribution is 2.28. The molecule has 0 fully saturated rings. The Labute approximate surface area is 116 Å². The average molecular weight is 283 g/mol. The second-order valence-electron chi connectivity index (χ2n) is 4.13. The molecule has 0 aromatic heterocycles. The van der Waals surface area contributed by atoms with Gasteiger partial charge < -0.3 is 0 Å². The number of halogens is 3. The van der Waals surface area contributed by atoms with Gasteiger partial charge in [-0.1, -0.05) is 54.1 Å². The van der Waals surface area contributed by atoms with Crippen LogP contribution in [0.5, 0.6) is 0 Å². The molecule has 0 N–H and O–H groups in total. The van der Waals surface area contributed by atoms with Crippen LogP contribution in [0.25, 0.3) is 0 Å². The molecule has 0 aliphatic rings. The summed E-state index contributed by atoms with van der Waals surface area (Å²) >= 11 is 12.2. The highest BCUT2D eigenvalue weighted by atomic mass is 35.5. The standard InChI is InChI=1S/C15H13Cl2F/c16-13(11-5-2-1-3-6-11)10-9-12-7-4-8-14(18)15(12)17/h1-8,13H,9-10H2. The molecular formula is C15H13Cl2F. The van der Waals surface area contributed by atoms with E-state index in [0.717, 1.165) is 17.5 Å². The topological polar surface area (TPSA) is 0 Å². The molecule has 2 aromatic carbocycles. The second kappa shape index (κ2) is 6.21. The maximum Gasteiger partial charge on any atom is 0.142 e. The Bertz CT molecular complexity index is 511. The van der Waals surface area contributed by atoms with E-state index in [9.17, 15) is 4.39 Å². The summed E-state index contributed by atoms with van der Waals surface area (Å²) in [6, 6.07) is 14.7. The van der Waals surface area contributed by atoms with Gasteiger partial charge in [-0.3, -0.25) is 0 Å². The van der Waals surface area contributed by atoms with E-state index in [-0.39, 0.29) is 16.2 Å². The quantitative estimate of drug-likeness (QED) is 0.660. The normalized spacial score (nSPS) is 12.4. The zero-order valence-electron chi connectivity index (χ0n) is 9.74. The van der Waals surface area contributed by atoms with Crippen molar-refractivity contribution in [3.63, 3.8) is 0 Å². The van der Waals surface area contributed by atoms with Crippen molar-refractivity contribution < 1.29 is 4.39 Å². The Morgan fingerprint density at radius 3 is 2.44 bits per heavy atom. The monoisotopic (exact) mass is 282 g/mol. The molecular weight excluding hydrogens is 270 g/mol. The van der Waals surface area contributed by atoms with Crippen molar-refractivity contribution in [2.75, 3.05) is 0 Å². The van der Waals surface area contributed by atoms with Crippen LogP contribution in [0.1, 0.15) is 22.9 Å². The van der Waals surface area contributed by atoms with Crippen LogP contribution < -0.4 is 0 Å². The van der Waals surface area contributed by atoms with Crippen LogP contribution >= 0.6 is 23.2 Å². The number of benzene rings is 2. The van der Waals surface area contributed by atoms with Crippen LogP contribution in [0, 0.1) is 5.82 Å². The fourth-order valence-electron chi connectivity index (χ4n) is 1.85. The van der Waals surface area contributed by atoms with Crippen molar-refractivity contribution in [1.29, 1.82) is 0 Å². The fourth-order valence-corrected chi connectivity index (χ4v) is 2.33. The van der Waals surface area contributed by atoms with E-state index in [1.54, 1.807) is 6.07 Å². The summed E-state index contributed by atoms with van der Waals surface area (Å²) in [5.74, 6) is -0.375. The summed E-state index contributed by atoms with van der Waals surface area (Å²) in [5, 5.41) is 0.125. The van der Waals surface area contributed by atoms with Gasteiger partial charge in [0.1, 0.15) is 5.82 Å². The van der Waals surface area contributed by atoms with Crippen LogP contribution in [0.4, 0.5) is 4.39 Å². The molecule has 1 unspecified atom stereocenters. The van der Waals surface area contributed by atoms with E-state index in [1.807, 2.05) is 36.4 Å². The SMILES string of the molecule is Fc1cccc(CCC(Cl)c2ccccc2)c1Cl. The summed E-state index contributed by atoms with van der Waals surface area (Å²) < 4.78 is 13.3. The van der Waals surface area contributed by atoms with E-state index in [1.165, 1.54) is 6.07 Å². The molecule has 1 atom stereocenters. The predicted octanol–water partition coefficient (Wildman–Crippen LogP) is 5.39. The number of alkyl halides is 1. The van der Waals surface area contributed by atoms with Crippen molar-refractivity contribution in [1.82, 2.24) is 0 Å². The first kappa shape index (κ1) is 13.4. The van der Waals surface area contributed by atoms with Gasteiger partial charge in [0.2, 0.25) is 0 Å². The summed E-state index contributed by atoms with van der Waals surface area (Å²) in [4.78, 5) is 0. The smallest absolute Gasteiger partial charge is 0.142 e. The molecule has 2 aromatic rings. The first-order valence-corrected chi connectivity index (χ1v) is 6.62. The summed E-state index contributed by atoms with van der Waals surface area (Å²) in [7, 11) is 0. The lowest BCUT2D eigenvalue weighted by Crippen LogP contribution is -1.95. The lowest BCUT2D eigenvalue weighted by molar-refractivity contribution is 0.624.